The number of nitrogens with zero attached hydrogens (tertiary/aromatic N) is 1. The molecule has 0 unspecified atom stereocenters. The standard InChI is InChI=1S/C11H11FN2O3/c1-17-9-4-7(12)2-3-8(9)14-6-10(15)13-5-11(14)16/h2-4H,5-6H2,1H3,(H,13,15). The highest BCUT2D eigenvalue weighted by Gasteiger charge is 2.26. The third-order valence-electron chi connectivity index (χ3n) is 2.47. The molecule has 1 saturated heterocycles. The Morgan fingerprint density at radius 2 is 2.18 bits per heavy atom. The molecule has 1 aliphatic heterocycles. The van der Waals surface area contributed by atoms with Gasteiger partial charge in [0, 0.05) is 6.07 Å². The molecule has 1 fully saturated rings. The summed E-state index contributed by atoms with van der Waals surface area (Å²) in [5.41, 5.74) is 0.397. The SMILES string of the molecule is COc1cc(F)ccc1N1CC(=O)NCC1=O. The van der Waals surface area contributed by atoms with Crippen molar-refractivity contribution in [3.8, 4) is 5.75 Å². The third kappa shape index (κ3) is 2.20. The molecular formula is C11H11FN2O3. The maximum atomic E-state index is 13.0. The van der Waals surface area contributed by atoms with E-state index < -0.39 is 5.82 Å². The lowest BCUT2D eigenvalue weighted by atomic mass is 10.2. The van der Waals surface area contributed by atoms with E-state index in [2.05, 4.69) is 5.32 Å². The van der Waals surface area contributed by atoms with Crippen molar-refractivity contribution in [1.82, 2.24) is 5.32 Å². The Morgan fingerprint density at radius 1 is 1.41 bits per heavy atom. The minimum absolute atomic E-state index is 0.0562. The number of carbonyl (C=O) groups is 2. The predicted molar refractivity (Wildman–Crippen MR) is 58.3 cm³/mol. The number of nitrogens with one attached hydrogen (secondary N) is 1. The molecule has 0 atom stereocenters. The van der Waals surface area contributed by atoms with E-state index in [0.717, 1.165) is 0 Å². The fourth-order valence-electron chi connectivity index (χ4n) is 1.65. The van der Waals surface area contributed by atoms with Gasteiger partial charge in [-0.2, -0.15) is 0 Å². The average molecular weight is 238 g/mol. The molecule has 0 saturated carbocycles. The van der Waals surface area contributed by atoms with Crippen molar-refractivity contribution in [2.45, 2.75) is 0 Å². The van der Waals surface area contributed by atoms with Crippen LogP contribution in [0, 0.1) is 5.82 Å². The van der Waals surface area contributed by atoms with E-state index in [1.165, 1.54) is 30.2 Å². The summed E-state index contributed by atoms with van der Waals surface area (Å²) in [7, 11) is 1.38. The zero-order valence-corrected chi connectivity index (χ0v) is 9.20. The molecule has 1 aliphatic rings. The molecule has 17 heavy (non-hydrogen) atoms. The van der Waals surface area contributed by atoms with Crippen LogP contribution in [0.4, 0.5) is 10.1 Å². The van der Waals surface area contributed by atoms with Gasteiger partial charge in [0.15, 0.2) is 0 Å². The van der Waals surface area contributed by atoms with Crippen molar-refractivity contribution in [1.29, 1.82) is 0 Å². The molecule has 2 rings (SSSR count). The van der Waals surface area contributed by atoms with E-state index in [9.17, 15) is 14.0 Å². The lowest BCUT2D eigenvalue weighted by Gasteiger charge is -2.27. The average Bonchev–Trinajstić information content (AvgIpc) is 2.32. The lowest BCUT2D eigenvalue weighted by molar-refractivity contribution is -0.128. The fourth-order valence-corrected chi connectivity index (χ4v) is 1.65. The number of ether oxygens (including phenoxy) is 1. The van der Waals surface area contributed by atoms with Gasteiger partial charge < -0.3 is 10.1 Å². The minimum atomic E-state index is -0.459. The van der Waals surface area contributed by atoms with Crippen LogP contribution >= 0.6 is 0 Å². The first kappa shape index (κ1) is 11.4. The van der Waals surface area contributed by atoms with E-state index in [-0.39, 0.29) is 30.7 Å². The van der Waals surface area contributed by atoms with Crippen molar-refractivity contribution in [3.63, 3.8) is 0 Å². The summed E-state index contributed by atoms with van der Waals surface area (Å²) in [5.74, 6) is -0.738. The van der Waals surface area contributed by atoms with Gasteiger partial charge in [0.2, 0.25) is 11.8 Å². The number of amides is 2. The number of rotatable bonds is 2. The highest BCUT2D eigenvalue weighted by molar-refractivity contribution is 6.05. The Morgan fingerprint density at radius 3 is 2.88 bits per heavy atom. The fraction of sp³-hybridized carbons (Fsp3) is 0.273. The van der Waals surface area contributed by atoms with Crippen molar-refractivity contribution in [3.05, 3.63) is 24.0 Å². The molecule has 0 radical (unpaired) electrons. The van der Waals surface area contributed by atoms with Gasteiger partial charge in [-0.15, -0.1) is 0 Å². The minimum Gasteiger partial charge on any atom is -0.494 e. The highest BCUT2D eigenvalue weighted by Crippen LogP contribution is 2.29. The van der Waals surface area contributed by atoms with Crippen LogP contribution in [-0.4, -0.2) is 32.0 Å². The van der Waals surface area contributed by atoms with Crippen molar-refractivity contribution in [2.75, 3.05) is 25.1 Å². The van der Waals surface area contributed by atoms with E-state index >= 15 is 0 Å². The highest BCUT2D eigenvalue weighted by atomic mass is 19.1. The van der Waals surface area contributed by atoms with Gasteiger partial charge in [0.25, 0.3) is 0 Å². The molecule has 0 aliphatic carbocycles. The van der Waals surface area contributed by atoms with Gasteiger partial charge in [0.05, 0.1) is 19.3 Å². The van der Waals surface area contributed by atoms with E-state index in [1.807, 2.05) is 0 Å². The largest absolute Gasteiger partial charge is 0.494 e. The summed E-state index contributed by atoms with van der Waals surface area (Å²) in [6.45, 7) is -0.139. The Labute approximate surface area is 97.2 Å². The first-order valence-corrected chi connectivity index (χ1v) is 5.02. The molecule has 5 nitrogen and oxygen atoms in total. The summed E-state index contributed by atoms with van der Waals surface area (Å²) in [5, 5.41) is 2.44. The maximum absolute atomic E-state index is 13.0. The van der Waals surface area contributed by atoms with Crippen LogP contribution in [0.3, 0.4) is 0 Å². The third-order valence-corrected chi connectivity index (χ3v) is 2.47. The second-order valence-electron chi connectivity index (χ2n) is 3.57. The van der Waals surface area contributed by atoms with Gasteiger partial charge in [0.1, 0.15) is 18.1 Å². The van der Waals surface area contributed by atoms with Crippen molar-refractivity contribution >= 4 is 17.5 Å². The summed E-state index contributed by atoms with van der Waals surface area (Å²) < 4.78 is 18.0. The van der Waals surface area contributed by atoms with E-state index in [0.29, 0.717) is 5.69 Å². The van der Waals surface area contributed by atoms with Crippen LogP contribution in [0.2, 0.25) is 0 Å². The molecule has 2 amide bonds. The maximum Gasteiger partial charge on any atom is 0.246 e. The monoisotopic (exact) mass is 238 g/mol. The first-order valence-electron chi connectivity index (χ1n) is 5.02. The second-order valence-corrected chi connectivity index (χ2v) is 3.57. The van der Waals surface area contributed by atoms with Crippen LogP contribution in [0.25, 0.3) is 0 Å². The Balaban J connectivity index is 2.38. The summed E-state index contributed by atoms with van der Waals surface area (Å²) in [4.78, 5) is 24.2. The zero-order chi connectivity index (χ0) is 12.4. The summed E-state index contributed by atoms with van der Waals surface area (Å²) in [6.07, 6.45) is 0. The first-order chi connectivity index (χ1) is 8.11. The number of halogens is 1. The Hall–Kier alpha value is -2.11. The molecule has 6 heteroatoms. The Bertz CT molecular complexity index is 476. The molecule has 1 N–H and O–H groups in total. The molecule has 1 aromatic carbocycles. The van der Waals surface area contributed by atoms with Gasteiger partial charge >= 0.3 is 0 Å². The molecule has 90 valence electrons. The van der Waals surface area contributed by atoms with Gasteiger partial charge in [-0.25, -0.2) is 4.39 Å². The molecular weight excluding hydrogens is 227 g/mol. The van der Waals surface area contributed by atoms with Gasteiger partial charge in [-0.1, -0.05) is 0 Å². The van der Waals surface area contributed by atoms with E-state index in [1.54, 1.807) is 0 Å². The number of piperazine rings is 1. The molecule has 0 aromatic heterocycles. The molecule has 1 heterocycles. The number of hydrogen-bond acceptors (Lipinski definition) is 3. The van der Waals surface area contributed by atoms with Crippen LogP contribution in [0.1, 0.15) is 0 Å². The molecule has 0 spiro atoms. The number of methoxy groups -OCH3 is 1. The van der Waals surface area contributed by atoms with Crippen LogP contribution in [0.5, 0.6) is 5.75 Å². The summed E-state index contributed by atoms with van der Waals surface area (Å²) in [6, 6.07) is 3.82. The molecule has 1 aromatic rings. The van der Waals surface area contributed by atoms with Crippen LogP contribution < -0.4 is 15.0 Å². The smallest absolute Gasteiger partial charge is 0.246 e. The topological polar surface area (TPSA) is 58.6 Å². The van der Waals surface area contributed by atoms with Gasteiger partial charge in [-0.05, 0) is 12.1 Å². The van der Waals surface area contributed by atoms with Crippen LogP contribution in [0.15, 0.2) is 18.2 Å². The van der Waals surface area contributed by atoms with Crippen LogP contribution in [-0.2, 0) is 9.59 Å². The predicted octanol–water partition coefficient (Wildman–Crippen LogP) is 0.297. The van der Waals surface area contributed by atoms with Crippen molar-refractivity contribution < 1.29 is 18.7 Å². The van der Waals surface area contributed by atoms with E-state index in [4.69, 9.17) is 4.74 Å². The lowest BCUT2D eigenvalue weighted by Crippen LogP contribution is -2.51. The van der Waals surface area contributed by atoms with Gasteiger partial charge in [-0.3, -0.25) is 14.5 Å². The quantitative estimate of drug-likeness (QED) is 0.806. The Kier molecular flexibility index (Phi) is 2.95. The summed E-state index contributed by atoms with van der Waals surface area (Å²) >= 11 is 0. The second kappa shape index (κ2) is 4.40. The molecule has 0 bridgehead atoms. The number of benzene rings is 1. The number of hydrogen-bond donors (Lipinski definition) is 1. The number of carbonyl (C=O) groups excluding carboxylic acids is 2. The zero-order valence-electron chi connectivity index (χ0n) is 9.20. The number of anilines is 1. The van der Waals surface area contributed by atoms with Crippen molar-refractivity contribution in [2.24, 2.45) is 0 Å². The normalized spacial score (nSPS) is 15.8.